The van der Waals surface area contributed by atoms with Gasteiger partial charge in [0.1, 0.15) is 5.75 Å². The van der Waals surface area contributed by atoms with Crippen LogP contribution in [0.15, 0.2) is 12.1 Å². The topological polar surface area (TPSA) is 64.2 Å². The Hall–Kier alpha value is -0.810. The molecule has 0 spiro atoms. The van der Waals surface area contributed by atoms with Crippen LogP contribution in [0.25, 0.3) is 0 Å². The van der Waals surface area contributed by atoms with E-state index >= 15 is 0 Å². The van der Waals surface area contributed by atoms with Gasteiger partial charge in [0.25, 0.3) is 0 Å². The van der Waals surface area contributed by atoms with Crippen LogP contribution in [0.2, 0.25) is 0 Å². The summed E-state index contributed by atoms with van der Waals surface area (Å²) in [6.45, 7) is 8.60. The first-order valence-electron chi connectivity index (χ1n) is 5.76. The lowest BCUT2D eigenvalue weighted by Gasteiger charge is -2.27. The van der Waals surface area contributed by atoms with Gasteiger partial charge in [0.15, 0.2) is 0 Å². The second-order valence-electron chi connectivity index (χ2n) is 4.45. The number of ether oxygens (including phenoxy) is 1. The van der Waals surface area contributed by atoms with Crippen LogP contribution in [0, 0.1) is 13.8 Å². The molecular formula is C13H22ClNO3. The molecule has 0 aromatic heterocycles. The highest BCUT2D eigenvalue weighted by Gasteiger charge is 2.12. The number of nitrogens with zero attached hydrogens (tertiary/aromatic N) is 1. The molecule has 0 atom stereocenters. The summed E-state index contributed by atoms with van der Waals surface area (Å²) < 4.78 is 5.33. The molecule has 1 fully saturated rings. The fourth-order valence-corrected chi connectivity index (χ4v) is 2.03. The molecule has 18 heavy (non-hydrogen) atoms. The summed E-state index contributed by atoms with van der Waals surface area (Å²) in [4.78, 5) is 2.39. The predicted octanol–water partition coefficient (Wildman–Crippen LogP) is 1.44. The van der Waals surface area contributed by atoms with Crippen LogP contribution in [0.3, 0.4) is 0 Å². The minimum atomic E-state index is 0. The van der Waals surface area contributed by atoms with E-state index in [0.717, 1.165) is 44.0 Å². The lowest BCUT2D eigenvalue weighted by Crippen LogP contribution is -2.35. The number of morpholine rings is 1. The number of phenols is 1. The van der Waals surface area contributed by atoms with Crippen molar-refractivity contribution in [3.63, 3.8) is 0 Å². The minimum absolute atomic E-state index is 0. The van der Waals surface area contributed by atoms with Crippen LogP contribution in [0.4, 0.5) is 0 Å². The third-order valence-corrected chi connectivity index (χ3v) is 3.15. The van der Waals surface area contributed by atoms with Gasteiger partial charge in [-0.2, -0.15) is 0 Å². The molecule has 0 aliphatic carbocycles. The van der Waals surface area contributed by atoms with Crippen molar-refractivity contribution >= 4 is 12.4 Å². The summed E-state index contributed by atoms with van der Waals surface area (Å²) in [6, 6.07) is 3.94. The van der Waals surface area contributed by atoms with Gasteiger partial charge in [-0.3, -0.25) is 4.90 Å². The van der Waals surface area contributed by atoms with Crippen molar-refractivity contribution in [3.8, 4) is 5.75 Å². The number of aromatic hydroxyl groups is 1. The van der Waals surface area contributed by atoms with Crippen LogP contribution in [-0.2, 0) is 11.3 Å². The van der Waals surface area contributed by atoms with E-state index in [1.54, 1.807) is 0 Å². The molecule has 0 bridgehead atoms. The van der Waals surface area contributed by atoms with E-state index in [0.29, 0.717) is 5.75 Å². The molecule has 3 N–H and O–H groups in total. The molecule has 1 saturated heterocycles. The van der Waals surface area contributed by atoms with E-state index in [1.165, 1.54) is 5.56 Å². The highest BCUT2D eigenvalue weighted by atomic mass is 35.5. The molecule has 0 amide bonds. The van der Waals surface area contributed by atoms with E-state index in [1.807, 2.05) is 13.0 Å². The van der Waals surface area contributed by atoms with Crippen LogP contribution < -0.4 is 0 Å². The van der Waals surface area contributed by atoms with Crippen LogP contribution >= 0.6 is 12.4 Å². The molecule has 1 aliphatic rings. The summed E-state index contributed by atoms with van der Waals surface area (Å²) in [5.74, 6) is 0.392. The van der Waals surface area contributed by atoms with Crippen molar-refractivity contribution in [2.75, 3.05) is 26.3 Å². The third-order valence-electron chi connectivity index (χ3n) is 3.15. The first kappa shape index (κ1) is 17.2. The number of phenolic OH excluding ortho intramolecular Hbond substituents is 1. The Morgan fingerprint density at radius 1 is 1.17 bits per heavy atom. The molecule has 1 aromatic rings. The molecular weight excluding hydrogens is 254 g/mol. The highest BCUT2D eigenvalue weighted by molar-refractivity contribution is 5.85. The van der Waals surface area contributed by atoms with Gasteiger partial charge in [-0.1, -0.05) is 6.07 Å². The third kappa shape index (κ3) is 4.14. The molecule has 2 rings (SSSR count). The second kappa shape index (κ2) is 7.59. The number of hydrogen-bond donors (Lipinski definition) is 1. The normalized spacial score (nSPS) is 15.7. The maximum Gasteiger partial charge on any atom is 0.118 e. The van der Waals surface area contributed by atoms with E-state index in [4.69, 9.17) is 4.74 Å². The van der Waals surface area contributed by atoms with Gasteiger partial charge >= 0.3 is 0 Å². The van der Waals surface area contributed by atoms with E-state index < -0.39 is 0 Å². The van der Waals surface area contributed by atoms with E-state index in [2.05, 4.69) is 17.9 Å². The number of aryl methyl sites for hydroxylation is 2. The maximum atomic E-state index is 9.60. The Morgan fingerprint density at radius 2 is 1.78 bits per heavy atom. The average Bonchev–Trinajstić information content (AvgIpc) is 2.27. The fourth-order valence-electron chi connectivity index (χ4n) is 2.03. The van der Waals surface area contributed by atoms with Crippen molar-refractivity contribution in [2.24, 2.45) is 0 Å². The highest BCUT2D eigenvalue weighted by Crippen LogP contribution is 2.22. The molecule has 0 saturated carbocycles. The Kier molecular flexibility index (Phi) is 7.25. The molecule has 5 heteroatoms. The summed E-state index contributed by atoms with van der Waals surface area (Å²) in [5.41, 5.74) is 3.42. The molecule has 0 radical (unpaired) electrons. The van der Waals surface area contributed by atoms with Crippen LogP contribution in [0.5, 0.6) is 5.75 Å². The van der Waals surface area contributed by atoms with Gasteiger partial charge in [-0.15, -0.1) is 12.4 Å². The number of rotatable bonds is 2. The van der Waals surface area contributed by atoms with Crippen molar-refractivity contribution in [3.05, 3.63) is 28.8 Å². The molecule has 0 unspecified atom stereocenters. The summed E-state index contributed by atoms with van der Waals surface area (Å²) in [6.07, 6.45) is 0. The zero-order chi connectivity index (χ0) is 11.5. The van der Waals surface area contributed by atoms with Gasteiger partial charge < -0.3 is 15.3 Å². The van der Waals surface area contributed by atoms with Gasteiger partial charge in [0.05, 0.1) is 13.2 Å². The number of hydrogen-bond acceptors (Lipinski definition) is 3. The van der Waals surface area contributed by atoms with Gasteiger partial charge in [-0.25, -0.2) is 0 Å². The molecule has 1 aliphatic heterocycles. The Balaban J connectivity index is 0.00000144. The molecule has 4 nitrogen and oxygen atoms in total. The number of benzene rings is 1. The Labute approximate surface area is 114 Å². The largest absolute Gasteiger partial charge is 0.508 e. The lowest BCUT2D eigenvalue weighted by atomic mass is 10.0. The van der Waals surface area contributed by atoms with Crippen molar-refractivity contribution in [1.82, 2.24) is 4.90 Å². The van der Waals surface area contributed by atoms with E-state index in [-0.39, 0.29) is 17.9 Å². The first-order valence-corrected chi connectivity index (χ1v) is 5.76. The molecule has 104 valence electrons. The summed E-state index contributed by atoms with van der Waals surface area (Å²) >= 11 is 0. The van der Waals surface area contributed by atoms with Gasteiger partial charge in [-0.05, 0) is 36.6 Å². The minimum Gasteiger partial charge on any atom is -0.508 e. The van der Waals surface area contributed by atoms with Crippen molar-refractivity contribution < 1.29 is 15.3 Å². The molecule has 1 heterocycles. The van der Waals surface area contributed by atoms with Crippen molar-refractivity contribution in [2.45, 2.75) is 20.4 Å². The standard InChI is InChI=1S/C13H19NO2.ClH.H2O/c1-10-8-13(15)11(2)7-12(10)9-14-3-5-16-6-4-14;;/h7-8,15H,3-6,9H2,1-2H3;1H;1H2. The summed E-state index contributed by atoms with van der Waals surface area (Å²) in [5, 5.41) is 9.60. The van der Waals surface area contributed by atoms with Gasteiger partial charge in [0, 0.05) is 19.6 Å². The monoisotopic (exact) mass is 275 g/mol. The predicted molar refractivity (Wildman–Crippen MR) is 74.5 cm³/mol. The van der Waals surface area contributed by atoms with Gasteiger partial charge in [0.2, 0.25) is 0 Å². The SMILES string of the molecule is Cc1cc(CN2CCOCC2)c(C)cc1O.Cl.O. The Morgan fingerprint density at radius 3 is 2.39 bits per heavy atom. The first-order chi connectivity index (χ1) is 7.66. The average molecular weight is 276 g/mol. The zero-order valence-corrected chi connectivity index (χ0v) is 11.7. The fraction of sp³-hybridized carbons (Fsp3) is 0.538. The molecule has 1 aromatic carbocycles. The van der Waals surface area contributed by atoms with E-state index in [9.17, 15) is 5.11 Å². The second-order valence-corrected chi connectivity index (χ2v) is 4.45. The smallest absolute Gasteiger partial charge is 0.118 e. The zero-order valence-electron chi connectivity index (χ0n) is 10.9. The Bertz CT molecular complexity index is 379. The number of halogens is 1. The van der Waals surface area contributed by atoms with Crippen LogP contribution in [-0.4, -0.2) is 41.8 Å². The summed E-state index contributed by atoms with van der Waals surface area (Å²) in [7, 11) is 0. The lowest BCUT2D eigenvalue weighted by molar-refractivity contribution is 0.0341. The quantitative estimate of drug-likeness (QED) is 0.888. The maximum absolute atomic E-state index is 9.60. The van der Waals surface area contributed by atoms with Crippen LogP contribution in [0.1, 0.15) is 16.7 Å². The van der Waals surface area contributed by atoms with Crippen molar-refractivity contribution in [1.29, 1.82) is 0 Å².